The topological polar surface area (TPSA) is 47.3 Å². The summed E-state index contributed by atoms with van der Waals surface area (Å²) in [5.74, 6) is 5.49. The SMILES string of the molecule is COc1ccc(CC(Cc2cccs2)NN)cc1F. The van der Waals surface area contributed by atoms with Crippen molar-refractivity contribution in [2.24, 2.45) is 5.84 Å². The molecular weight excluding hydrogens is 263 g/mol. The van der Waals surface area contributed by atoms with E-state index < -0.39 is 0 Å². The van der Waals surface area contributed by atoms with Crippen LogP contribution in [0, 0.1) is 5.82 Å². The highest BCUT2D eigenvalue weighted by molar-refractivity contribution is 7.09. The molecule has 1 atom stereocenters. The van der Waals surface area contributed by atoms with Crippen molar-refractivity contribution >= 4 is 11.3 Å². The lowest BCUT2D eigenvalue weighted by Gasteiger charge is -2.15. The van der Waals surface area contributed by atoms with Crippen molar-refractivity contribution in [2.75, 3.05) is 7.11 Å². The van der Waals surface area contributed by atoms with Gasteiger partial charge in [-0.15, -0.1) is 11.3 Å². The van der Waals surface area contributed by atoms with Gasteiger partial charge in [-0.1, -0.05) is 12.1 Å². The molecule has 0 saturated heterocycles. The maximum absolute atomic E-state index is 13.6. The van der Waals surface area contributed by atoms with Crippen LogP contribution in [0.3, 0.4) is 0 Å². The summed E-state index contributed by atoms with van der Waals surface area (Å²) in [5.41, 5.74) is 3.69. The fourth-order valence-corrected chi connectivity index (χ4v) is 2.77. The summed E-state index contributed by atoms with van der Waals surface area (Å²) < 4.78 is 18.5. The van der Waals surface area contributed by atoms with E-state index in [9.17, 15) is 4.39 Å². The van der Waals surface area contributed by atoms with Crippen LogP contribution in [0.4, 0.5) is 4.39 Å². The van der Waals surface area contributed by atoms with Crippen LogP contribution in [0.1, 0.15) is 10.4 Å². The van der Waals surface area contributed by atoms with E-state index in [4.69, 9.17) is 10.6 Å². The van der Waals surface area contributed by atoms with Gasteiger partial charge in [-0.2, -0.15) is 0 Å². The molecule has 0 saturated carbocycles. The zero-order valence-electron chi connectivity index (χ0n) is 10.7. The summed E-state index contributed by atoms with van der Waals surface area (Å²) in [6, 6.07) is 9.18. The van der Waals surface area contributed by atoms with Crippen molar-refractivity contribution in [3.05, 3.63) is 52.0 Å². The lowest BCUT2D eigenvalue weighted by molar-refractivity contribution is 0.386. The van der Waals surface area contributed by atoms with Gasteiger partial charge in [0.2, 0.25) is 0 Å². The van der Waals surface area contributed by atoms with Crippen LogP contribution in [0.15, 0.2) is 35.7 Å². The zero-order valence-corrected chi connectivity index (χ0v) is 11.5. The first-order valence-electron chi connectivity index (χ1n) is 6.04. The van der Waals surface area contributed by atoms with E-state index in [0.29, 0.717) is 6.42 Å². The summed E-state index contributed by atoms with van der Waals surface area (Å²) >= 11 is 1.70. The summed E-state index contributed by atoms with van der Waals surface area (Å²) in [7, 11) is 1.46. The lowest BCUT2D eigenvalue weighted by Crippen LogP contribution is -2.38. The van der Waals surface area contributed by atoms with Gasteiger partial charge in [-0.3, -0.25) is 11.3 Å². The van der Waals surface area contributed by atoms with Crippen molar-refractivity contribution in [3.63, 3.8) is 0 Å². The minimum Gasteiger partial charge on any atom is -0.494 e. The molecule has 0 aliphatic heterocycles. The van der Waals surface area contributed by atoms with Gasteiger partial charge in [0, 0.05) is 10.9 Å². The second-order valence-corrected chi connectivity index (χ2v) is 5.35. The highest BCUT2D eigenvalue weighted by Gasteiger charge is 2.11. The van der Waals surface area contributed by atoms with E-state index in [1.807, 2.05) is 17.5 Å². The Morgan fingerprint density at radius 3 is 2.79 bits per heavy atom. The van der Waals surface area contributed by atoms with Crippen LogP contribution >= 0.6 is 11.3 Å². The second kappa shape index (κ2) is 6.65. The Kier molecular flexibility index (Phi) is 4.90. The molecule has 0 fully saturated rings. The number of nitrogens with two attached hydrogens (primary N) is 1. The van der Waals surface area contributed by atoms with Crippen LogP contribution < -0.4 is 16.0 Å². The lowest BCUT2D eigenvalue weighted by atomic mass is 10.0. The predicted molar refractivity (Wildman–Crippen MR) is 75.8 cm³/mol. The number of rotatable bonds is 6. The molecule has 0 aliphatic rings. The average molecular weight is 280 g/mol. The quantitative estimate of drug-likeness (QED) is 0.631. The third-order valence-electron chi connectivity index (χ3n) is 2.96. The van der Waals surface area contributed by atoms with Crippen molar-refractivity contribution < 1.29 is 9.13 Å². The van der Waals surface area contributed by atoms with Crippen molar-refractivity contribution in [1.29, 1.82) is 0 Å². The Hall–Kier alpha value is -1.43. The van der Waals surface area contributed by atoms with Gasteiger partial charge in [0.15, 0.2) is 11.6 Å². The number of halogens is 1. The number of hydrazine groups is 1. The number of thiophene rings is 1. The molecular formula is C14H17FN2OS. The van der Waals surface area contributed by atoms with Gasteiger partial charge >= 0.3 is 0 Å². The van der Waals surface area contributed by atoms with E-state index >= 15 is 0 Å². The average Bonchev–Trinajstić information content (AvgIpc) is 2.91. The van der Waals surface area contributed by atoms with E-state index in [0.717, 1.165) is 12.0 Å². The normalized spacial score (nSPS) is 12.4. The molecule has 1 aromatic heterocycles. The molecule has 0 amide bonds. The molecule has 0 bridgehead atoms. The predicted octanol–water partition coefficient (Wildman–Crippen LogP) is 2.51. The standard InChI is InChI=1S/C14H17FN2OS/c1-18-14-5-4-10(8-13(14)15)7-11(17-16)9-12-3-2-6-19-12/h2-6,8,11,17H,7,9,16H2,1H3. The largest absolute Gasteiger partial charge is 0.494 e. The van der Waals surface area contributed by atoms with Gasteiger partial charge in [0.25, 0.3) is 0 Å². The Morgan fingerprint density at radius 2 is 2.21 bits per heavy atom. The molecule has 0 radical (unpaired) electrons. The zero-order chi connectivity index (χ0) is 13.7. The molecule has 2 rings (SSSR count). The van der Waals surface area contributed by atoms with Gasteiger partial charge in [-0.05, 0) is 42.0 Å². The van der Waals surface area contributed by atoms with E-state index in [1.165, 1.54) is 18.1 Å². The molecule has 2 aromatic rings. The molecule has 3 N–H and O–H groups in total. The number of hydrogen-bond donors (Lipinski definition) is 2. The van der Waals surface area contributed by atoms with Crippen LogP contribution in [0.5, 0.6) is 5.75 Å². The number of hydrogen-bond acceptors (Lipinski definition) is 4. The smallest absolute Gasteiger partial charge is 0.165 e. The summed E-state index contributed by atoms with van der Waals surface area (Å²) in [4.78, 5) is 1.26. The third-order valence-corrected chi connectivity index (χ3v) is 3.86. The van der Waals surface area contributed by atoms with Crippen molar-refractivity contribution in [2.45, 2.75) is 18.9 Å². The minimum atomic E-state index is -0.341. The number of benzene rings is 1. The molecule has 1 heterocycles. The first-order valence-corrected chi connectivity index (χ1v) is 6.92. The highest BCUT2D eigenvalue weighted by atomic mass is 32.1. The molecule has 3 nitrogen and oxygen atoms in total. The Bertz CT molecular complexity index is 516. The summed E-state index contributed by atoms with van der Waals surface area (Å²) in [5, 5.41) is 2.04. The number of nitrogens with one attached hydrogen (secondary N) is 1. The van der Waals surface area contributed by atoms with Crippen LogP contribution in [0.25, 0.3) is 0 Å². The van der Waals surface area contributed by atoms with Gasteiger partial charge in [-0.25, -0.2) is 4.39 Å². The van der Waals surface area contributed by atoms with E-state index in [-0.39, 0.29) is 17.6 Å². The molecule has 19 heavy (non-hydrogen) atoms. The maximum Gasteiger partial charge on any atom is 0.165 e. The Balaban J connectivity index is 2.03. The third kappa shape index (κ3) is 3.76. The van der Waals surface area contributed by atoms with Crippen LogP contribution in [-0.4, -0.2) is 13.2 Å². The summed E-state index contributed by atoms with van der Waals surface area (Å²) in [6.07, 6.45) is 1.51. The van der Waals surface area contributed by atoms with Crippen LogP contribution in [-0.2, 0) is 12.8 Å². The van der Waals surface area contributed by atoms with E-state index in [1.54, 1.807) is 17.4 Å². The molecule has 0 aliphatic carbocycles. The molecule has 5 heteroatoms. The fraction of sp³-hybridized carbons (Fsp3) is 0.286. The monoisotopic (exact) mass is 280 g/mol. The molecule has 1 unspecified atom stereocenters. The summed E-state index contributed by atoms with van der Waals surface area (Å²) in [6.45, 7) is 0. The van der Waals surface area contributed by atoms with E-state index in [2.05, 4.69) is 11.5 Å². The number of ether oxygens (including phenoxy) is 1. The molecule has 1 aromatic carbocycles. The molecule has 0 spiro atoms. The van der Waals surface area contributed by atoms with Gasteiger partial charge < -0.3 is 4.74 Å². The highest BCUT2D eigenvalue weighted by Crippen LogP contribution is 2.19. The minimum absolute atomic E-state index is 0.0893. The van der Waals surface area contributed by atoms with Gasteiger partial charge in [0.05, 0.1) is 7.11 Å². The fourth-order valence-electron chi connectivity index (χ4n) is 1.98. The maximum atomic E-state index is 13.6. The molecule has 102 valence electrons. The first-order chi connectivity index (χ1) is 9.22. The first kappa shape index (κ1) is 14.0. The van der Waals surface area contributed by atoms with Crippen LogP contribution in [0.2, 0.25) is 0 Å². The van der Waals surface area contributed by atoms with Gasteiger partial charge in [0.1, 0.15) is 0 Å². The second-order valence-electron chi connectivity index (χ2n) is 4.32. The Morgan fingerprint density at radius 1 is 1.37 bits per heavy atom. The van der Waals surface area contributed by atoms with Crippen molar-refractivity contribution in [3.8, 4) is 5.75 Å². The van der Waals surface area contributed by atoms with Crippen molar-refractivity contribution in [1.82, 2.24) is 5.43 Å². The number of methoxy groups -OCH3 is 1. The Labute approximate surface area is 116 Å².